The van der Waals surface area contributed by atoms with Crippen LogP contribution in [0.25, 0.3) is 0 Å². The van der Waals surface area contributed by atoms with Crippen molar-refractivity contribution in [2.24, 2.45) is 5.73 Å². The van der Waals surface area contributed by atoms with Crippen LogP contribution in [0.5, 0.6) is 5.75 Å². The zero-order valence-electron chi connectivity index (χ0n) is 8.98. The third kappa shape index (κ3) is 2.20. The molecule has 88 valence electrons. The minimum atomic E-state index is -3.18. The van der Waals surface area contributed by atoms with Gasteiger partial charge in [-0.1, -0.05) is 0 Å². The summed E-state index contributed by atoms with van der Waals surface area (Å²) in [5.74, 6) is 0.918. The zero-order valence-corrected chi connectivity index (χ0v) is 9.79. The van der Waals surface area contributed by atoms with Gasteiger partial charge in [-0.3, -0.25) is 0 Å². The Morgan fingerprint density at radius 3 is 2.94 bits per heavy atom. The topological polar surface area (TPSA) is 69.4 Å². The van der Waals surface area contributed by atoms with Crippen molar-refractivity contribution in [2.75, 3.05) is 18.9 Å². The van der Waals surface area contributed by atoms with Gasteiger partial charge in [0.15, 0.2) is 9.84 Å². The first-order chi connectivity index (χ1) is 7.63. The van der Waals surface area contributed by atoms with Crippen LogP contribution in [-0.4, -0.2) is 27.3 Å². The van der Waals surface area contributed by atoms with E-state index in [4.69, 9.17) is 10.5 Å². The fourth-order valence-corrected chi connectivity index (χ4v) is 3.13. The molecule has 1 aromatic carbocycles. The van der Waals surface area contributed by atoms with Crippen molar-refractivity contribution in [3.8, 4) is 5.75 Å². The first-order valence-corrected chi connectivity index (χ1v) is 6.97. The van der Waals surface area contributed by atoms with Gasteiger partial charge in [-0.15, -0.1) is 0 Å². The van der Waals surface area contributed by atoms with Crippen LogP contribution >= 0.6 is 0 Å². The van der Waals surface area contributed by atoms with Crippen LogP contribution in [0.15, 0.2) is 23.1 Å². The summed E-state index contributed by atoms with van der Waals surface area (Å²) in [4.78, 5) is 0.380. The van der Waals surface area contributed by atoms with Gasteiger partial charge in [0.1, 0.15) is 5.75 Å². The second kappa shape index (κ2) is 4.43. The Kier molecular flexibility index (Phi) is 3.16. The molecule has 0 aliphatic carbocycles. The van der Waals surface area contributed by atoms with Gasteiger partial charge in [-0.2, -0.15) is 0 Å². The molecule has 0 spiro atoms. The SMILES string of the molecule is NCCCS(=O)(=O)c1ccc2c(c1)CCO2. The average molecular weight is 241 g/mol. The highest BCUT2D eigenvalue weighted by atomic mass is 32.2. The molecule has 0 fully saturated rings. The molecule has 0 saturated heterocycles. The van der Waals surface area contributed by atoms with Gasteiger partial charge in [-0.05, 0) is 36.7 Å². The van der Waals surface area contributed by atoms with E-state index < -0.39 is 9.84 Å². The monoisotopic (exact) mass is 241 g/mol. The molecule has 1 heterocycles. The van der Waals surface area contributed by atoms with Crippen LogP contribution in [0.1, 0.15) is 12.0 Å². The normalized spacial score (nSPS) is 14.6. The standard InChI is InChI=1S/C11H15NO3S/c12-5-1-7-16(13,14)10-2-3-11-9(8-10)4-6-15-11/h2-3,8H,1,4-7,12H2. The number of sulfone groups is 1. The first kappa shape index (κ1) is 11.4. The lowest BCUT2D eigenvalue weighted by atomic mass is 10.2. The van der Waals surface area contributed by atoms with Gasteiger partial charge < -0.3 is 10.5 Å². The summed E-state index contributed by atoms with van der Waals surface area (Å²) in [7, 11) is -3.18. The second-order valence-electron chi connectivity index (χ2n) is 3.83. The first-order valence-electron chi connectivity index (χ1n) is 5.32. The molecular weight excluding hydrogens is 226 g/mol. The summed E-state index contributed by atoms with van der Waals surface area (Å²) in [6.45, 7) is 1.04. The highest BCUT2D eigenvalue weighted by Gasteiger charge is 2.18. The van der Waals surface area contributed by atoms with E-state index in [0.29, 0.717) is 24.5 Å². The maximum atomic E-state index is 11.9. The number of hydrogen-bond acceptors (Lipinski definition) is 4. The summed E-state index contributed by atoms with van der Waals surface area (Å²) in [6, 6.07) is 5.06. The van der Waals surface area contributed by atoms with Crippen LogP contribution < -0.4 is 10.5 Å². The van der Waals surface area contributed by atoms with Crippen molar-refractivity contribution in [1.29, 1.82) is 0 Å². The van der Waals surface area contributed by atoms with Crippen LogP contribution in [-0.2, 0) is 16.3 Å². The van der Waals surface area contributed by atoms with E-state index in [1.165, 1.54) is 0 Å². The largest absolute Gasteiger partial charge is 0.493 e. The second-order valence-corrected chi connectivity index (χ2v) is 5.94. The molecule has 0 bridgehead atoms. The Hall–Kier alpha value is -1.07. The molecule has 16 heavy (non-hydrogen) atoms. The molecule has 0 aromatic heterocycles. The molecule has 0 unspecified atom stereocenters. The number of ether oxygens (including phenoxy) is 1. The molecule has 2 N–H and O–H groups in total. The van der Waals surface area contributed by atoms with Crippen molar-refractivity contribution in [3.63, 3.8) is 0 Å². The molecule has 1 aliphatic heterocycles. The minimum absolute atomic E-state index is 0.114. The number of rotatable bonds is 4. The number of hydrogen-bond donors (Lipinski definition) is 1. The van der Waals surface area contributed by atoms with Gasteiger partial charge in [0.2, 0.25) is 0 Å². The Morgan fingerprint density at radius 1 is 1.38 bits per heavy atom. The molecule has 1 aliphatic rings. The molecule has 2 rings (SSSR count). The molecule has 5 heteroatoms. The van der Waals surface area contributed by atoms with Crippen molar-refractivity contribution in [2.45, 2.75) is 17.7 Å². The fourth-order valence-electron chi connectivity index (χ4n) is 1.75. The minimum Gasteiger partial charge on any atom is -0.493 e. The molecule has 4 nitrogen and oxygen atoms in total. The van der Waals surface area contributed by atoms with Gasteiger partial charge in [-0.25, -0.2) is 8.42 Å². The maximum absolute atomic E-state index is 11.9. The third-order valence-corrected chi connectivity index (χ3v) is 4.44. The Morgan fingerprint density at radius 2 is 2.19 bits per heavy atom. The lowest BCUT2D eigenvalue weighted by Gasteiger charge is -2.05. The summed E-state index contributed by atoms with van der Waals surface area (Å²) in [6.07, 6.45) is 1.28. The van der Waals surface area contributed by atoms with Crippen LogP contribution in [0.3, 0.4) is 0 Å². The lowest BCUT2D eigenvalue weighted by Crippen LogP contribution is -2.11. The molecule has 0 amide bonds. The highest BCUT2D eigenvalue weighted by Crippen LogP contribution is 2.28. The van der Waals surface area contributed by atoms with Gasteiger partial charge in [0, 0.05) is 6.42 Å². The Bertz CT molecular complexity index is 482. The fraction of sp³-hybridized carbons (Fsp3) is 0.455. The number of benzene rings is 1. The van der Waals surface area contributed by atoms with Crippen molar-refractivity contribution < 1.29 is 13.2 Å². The predicted octanol–water partition coefficient (Wildman–Crippen LogP) is 0.744. The number of fused-ring (bicyclic) bond motifs is 1. The zero-order chi connectivity index (χ0) is 11.6. The van der Waals surface area contributed by atoms with E-state index >= 15 is 0 Å². The molecule has 0 radical (unpaired) electrons. The highest BCUT2D eigenvalue weighted by molar-refractivity contribution is 7.91. The average Bonchev–Trinajstić information content (AvgIpc) is 2.73. The van der Waals surface area contributed by atoms with Gasteiger partial charge in [0.05, 0.1) is 17.3 Å². The van der Waals surface area contributed by atoms with Gasteiger partial charge in [0.25, 0.3) is 0 Å². The summed E-state index contributed by atoms with van der Waals surface area (Å²) in [5, 5.41) is 0. The summed E-state index contributed by atoms with van der Waals surface area (Å²) < 4.78 is 29.1. The Balaban J connectivity index is 2.27. The summed E-state index contributed by atoms with van der Waals surface area (Å²) in [5.41, 5.74) is 6.30. The lowest BCUT2D eigenvalue weighted by molar-refractivity contribution is 0.356. The van der Waals surface area contributed by atoms with Gasteiger partial charge >= 0.3 is 0 Å². The molecule has 0 saturated carbocycles. The van der Waals surface area contributed by atoms with Crippen molar-refractivity contribution in [1.82, 2.24) is 0 Å². The smallest absolute Gasteiger partial charge is 0.178 e. The van der Waals surface area contributed by atoms with E-state index in [2.05, 4.69) is 0 Å². The summed E-state index contributed by atoms with van der Waals surface area (Å²) >= 11 is 0. The van der Waals surface area contributed by atoms with Crippen LogP contribution in [0, 0.1) is 0 Å². The Labute approximate surface area is 95.3 Å². The molecule has 0 atom stereocenters. The van der Waals surface area contributed by atoms with E-state index in [9.17, 15) is 8.42 Å². The molecule has 1 aromatic rings. The van der Waals surface area contributed by atoms with E-state index in [1.54, 1.807) is 18.2 Å². The van der Waals surface area contributed by atoms with E-state index in [-0.39, 0.29) is 5.75 Å². The van der Waals surface area contributed by atoms with Crippen molar-refractivity contribution >= 4 is 9.84 Å². The number of nitrogens with two attached hydrogens (primary N) is 1. The molecular formula is C11H15NO3S. The van der Waals surface area contributed by atoms with Crippen LogP contribution in [0.2, 0.25) is 0 Å². The quantitative estimate of drug-likeness (QED) is 0.844. The van der Waals surface area contributed by atoms with Crippen LogP contribution in [0.4, 0.5) is 0 Å². The van der Waals surface area contributed by atoms with Crippen molar-refractivity contribution in [3.05, 3.63) is 23.8 Å². The van der Waals surface area contributed by atoms with E-state index in [1.807, 2.05) is 0 Å². The third-order valence-electron chi connectivity index (χ3n) is 2.64. The maximum Gasteiger partial charge on any atom is 0.178 e. The van der Waals surface area contributed by atoms with E-state index in [0.717, 1.165) is 17.7 Å². The predicted molar refractivity (Wildman–Crippen MR) is 61.4 cm³/mol.